The highest BCUT2D eigenvalue weighted by atomic mass is 16.1. The lowest BCUT2D eigenvalue weighted by Crippen LogP contribution is -2.15. The number of carbonyl (C=O) groups excluding carboxylic acids is 1. The number of carbonyl (C=O) groups is 1. The van der Waals surface area contributed by atoms with E-state index in [0.717, 1.165) is 0 Å². The van der Waals surface area contributed by atoms with E-state index in [2.05, 4.69) is 15.4 Å². The Morgan fingerprint density at radius 2 is 2.38 bits per heavy atom. The zero-order valence-electron chi connectivity index (χ0n) is 7.90. The first-order valence-corrected chi connectivity index (χ1v) is 3.93. The van der Waals surface area contributed by atoms with Crippen LogP contribution in [-0.2, 0) is 11.8 Å². The van der Waals surface area contributed by atoms with Gasteiger partial charge in [0.25, 0.3) is 5.91 Å². The molecule has 1 aromatic heterocycles. The highest BCUT2D eigenvalue weighted by Crippen LogP contribution is 2.01. The van der Waals surface area contributed by atoms with Gasteiger partial charge in [0.2, 0.25) is 5.95 Å². The van der Waals surface area contributed by atoms with Crippen LogP contribution in [0.25, 0.3) is 0 Å². The molecule has 0 unspecified atom stereocenters. The molecule has 0 aliphatic heterocycles. The normalized spacial score (nSPS) is 11.5. The maximum atomic E-state index is 11.3. The molecule has 1 heterocycles. The standard InChI is InChI=1S/C8H12N4O/c1-4-6(2)7(13)11-8-9-5-10-12(8)3/h4-5H,1-3H3,(H,9,10,11,13)/b6-4-. The van der Waals surface area contributed by atoms with Crippen molar-refractivity contribution >= 4 is 11.9 Å². The fourth-order valence-electron chi connectivity index (χ4n) is 0.741. The summed E-state index contributed by atoms with van der Waals surface area (Å²) < 4.78 is 1.50. The molecule has 0 saturated carbocycles. The molecule has 0 saturated heterocycles. The topological polar surface area (TPSA) is 59.8 Å². The van der Waals surface area contributed by atoms with Gasteiger partial charge in [-0.05, 0) is 13.8 Å². The molecule has 0 spiro atoms. The summed E-state index contributed by atoms with van der Waals surface area (Å²) in [6, 6.07) is 0. The molecular weight excluding hydrogens is 168 g/mol. The van der Waals surface area contributed by atoms with Crippen molar-refractivity contribution in [1.82, 2.24) is 14.8 Å². The van der Waals surface area contributed by atoms with E-state index in [9.17, 15) is 4.79 Å². The van der Waals surface area contributed by atoms with Crippen LogP contribution in [-0.4, -0.2) is 20.7 Å². The lowest BCUT2D eigenvalue weighted by atomic mass is 10.3. The van der Waals surface area contributed by atoms with Gasteiger partial charge >= 0.3 is 0 Å². The molecule has 1 N–H and O–H groups in total. The van der Waals surface area contributed by atoms with Crippen LogP contribution >= 0.6 is 0 Å². The van der Waals surface area contributed by atoms with Gasteiger partial charge in [-0.1, -0.05) is 6.08 Å². The number of nitrogens with zero attached hydrogens (tertiary/aromatic N) is 3. The summed E-state index contributed by atoms with van der Waals surface area (Å²) in [6.07, 6.45) is 3.13. The minimum Gasteiger partial charge on any atom is -0.291 e. The summed E-state index contributed by atoms with van der Waals surface area (Å²) in [6.45, 7) is 3.55. The van der Waals surface area contributed by atoms with Crippen molar-refractivity contribution in [3.8, 4) is 0 Å². The second-order valence-corrected chi connectivity index (χ2v) is 2.63. The van der Waals surface area contributed by atoms with Gasteiger partial charge in [0.05, 0.1) is 0 Å². The van der Waals surface area contributed by atoms with E-state index in [0.29, 0.717) is 11.5 Å². The van der Waals surface area contributed by atoms with Crippen LogP contribution < -0.4 is 5.32 Å². The second kappa shape index (κ2) is 3.84. The predicted molar refractivity (Wildman–Crippen MR) is 49.1 cm³/mol. The maximum Gasteiger partial charge on any atom is 0.253 e. The predicted octanol–water partition coefficient (Wildman–Crippen LogP) is 0.720. The lowest BCUT2D eigenvalue weighted by Gasteiger charge is -2.02. The van der Waals surface area contributed by atoms with E-state index in [-0.39, 0.29) is 5.91 Å². The Hall–Kier alpha value is -1.65. The second-order valence-electron chi connectivity index (χ2n) is 2.63. The van der Waals surface area contributed by atoms with Crippen LogP contribution in [0.4, 0.5) is 5.95 Å². The summed E-state index contributed by atoms with van der Waals surface area (Å²) in [4.78, 5) is 15.2. The first-order valence-electron chi connectivity index (χ1n) is 3.93. The number of allylic oxidation sites excluding steroid dienone is 1. The Kier molecular flexibility index (Phi) is 2.79. The molecule has 13 heavy (non-hydrogen) atoms. The monoisotopic (exact) mass is 180 g/mol. The molecule has 0 fully saturated rings. The number of rotatable bonds is 2. The molecule has 5 nitrogen and oxygen atoms in total. The minimum absolute atomic E-state index is 0.154. The third-order valence-corrected chi connectivity index (χ3v) is 1.73. The number of hydrogen-bond donors (Lipinski definition) is 1. The fraction of sp³-hybridized carbons (Fsp3) is 0.375. The Balaban J connectivity index is 2.71. The average molecular weight is 180 g/mol. The van der Waals surface area contributed by atoms with Crippen molar-refractivity contribution in [2.75, 3.05) is 5.32 Å². The van der Waals surface area contributed by atoms with E-state index >= 15 is 0 Å². The number of anilines is 1. The molecule has 0 aromatic carbocycles. The van der Waals surface area contributed by atoms with Crippen molar-refractivity contribution in [3.63, 3.8) is 0 Å². The number of aromatic nitrogens is 3. The smallest absolute Gasteiger partial charge is 0.253 e. The molecule has 0 radical (unpaired) electrons. The number of amides is 1. The van der Waals surface area contributed by atoms with Gasteiger partial charge in [0, 0.05) is 12.6 Å². The highest BCUT2D eigenvalue weighted by Gasteiger charge is 2.06. The van der Waals surface area contributed by atoms with E-state index in [1.807, 2.05) is 6.92 Å². The molecule has 0 bridgehead atoms. The summed E-state index contributed by atoms with van der Waals surface area (Å²) in [7, 11) is 1.72. The summed E-state index contributed by atoms with van der Waals surface area (Å²) >= 11 is 0. The molecule has 1 aromatic rings. The Bertz CT molecular complexity index is 340. The minimum atomic E-state index is -0.154. The van der Waals surface area contributed by atoms with E-state index in [1.165, 1.54) is 11.0 Å². The third-order valence-electron chi connectivity index (χ3n) is 1.73. The van der Waals surface area contributed by atoms with Crippen molar-refractivity contribution in [1.29, 1.82) is 0 Å². The zero-order valence-corrected chi connectivity index (χ0v) is 7.90. The molecule has 70 valence electrons. The van der Waals surface area contributed by atoms with Crippen LogP contribution in [0.1, 0.15) is 13.8 Å². The van der Waals surface area contributed by atoms with Gasteiger partial charge < -0.3 is 0 Å². The first-order chi connectivity index (χ1) is 6.15. The van der Waals surface area contributed by atoms with Gasteiger partial charge in [-0.3, -0.25) is 10.1 Å². The quantitative estimate of drug-likeness (QED) is 0.682. The molecule has 5 heteroatoms. The first kappa shape index (κ1) is 9.44. The van der Waals surface area contributed by atoms with Crippen molar-refractivity contribution in [2.24, 2.45) is 7.05 Å². The van der Waals surface area contributed by atoms with Crippen LogP contribution in [0.3, 0.4) is 0 Å². The maximum absolute atomic E-state index is 11.3. The van der Waals surface area contributed by atoms with Crippen molar-refractivity contribution in [2.45, 2.75) is 13.8 Å². The molecule has 0 atom stereocenters. The lowest BCUT2D eigenvalue weighted by molar-refractivity contribution is -0.112. The Morgan fingerprint density at radius 1 is 1.69 bits per heavy atom. The number of aryl methyl sites for hydroxylation is 1. The summed E-state index contributed by atoms with van der Waals surface area (Å²) in [5.74, 6) is 0.296. The van der Waals surface area contributed by atoms with Crippen LogP contribution in [0.15, 0.2) is 18.0 Å². The van der Waals surface area contributed by atoms with Crippen molar-refractivity contribution < 1.29 is 4.79 Å². The molecule has 0 aliphatic carbocycles. The van der Waals surface area contributed by atoms with Gasteiger partial charge in [-0.2, -0.15) is 10.1 Å². The van der Waals surface area contributed by atoms with E-state index < -0.39 is 0 Å². The molecule has 1 amide bonds. The largest absolute Gasteiger partial charge is 0.291 e. The van der Waals surface area contributed by atoms with E-state index in [4.69, 9.17) is 0 Å². The number of hydrogen-bond acceptors (Lipinski definition) is 3. The van der Waals surface area contributed by atoms with Gasteiger partial charge in [-0.15, -0.1) is 0 Å². The van der Waals surface area contributed by atoms with Gasteiger partial charge in [0.1, 0.15) is 6.33 Å². The third kappa shape index (κ3) is 2.14. The Labute approximate surface area is 76.5 Å². The summed E-state index contributed by atoms with van der Waals surface area (Å²) in [5.41, 5.74) is 0.656. The van der Waals surface area contributed by atoms with Crippen LogP contribution in [0.5, 0.6) is 0 Å². The van der Waals surface area contributed by atoms with Crippen LogP contribution in [0.2, 0.25) is 0 Å². The summed E-state index contributed by atoms with van der Waals surface area (Å²) in [5, 5.41) is 6.45. The zero-order chi connectivity index (χ0) is 9.84. The SMILES string of the molecule is C/C=C(/C)C(=O)Nc1ncnn1C. The van der Waals surface area contributed by atoms with Gasteiger partial charge in [-0.25, -0.2) is 4.68 Å². The molecule has 0 aliphatic rings. The highest BCUT2D eigenvalue weighted by molar-refractivity contribution is 6.02. The molecular formula is C8H12N4O. The fourth-order valence-corrected chi connectivity index (χ4v) is 0.741. The number of nitrogens with one attached hydrogen (secondary N) is 1. The Morgan fingerprint density at radius 3 is 2.85 bits per heavy atom. The van der Waals surface area contributed by atoms with Crippen LogP contribution in [0, 0.1) is 0 Å². The van der Waals surface area contributed by atoms with Gasteiger partial charge in [0.15, 0.2) is 0 Å². The van der Waals surface area contributed by atoms with Crippen molar-refractivity contribution in [3.05, 3.63) is 18.0 Å². The van der Waals surface area contributed by atoms with E-state index in [1.54, 1.807) is 20.0 Å². The average Bonchev–Trinajstić information content (AvgIpc) is 2.50. The molecule has 1 rings (SSSR count).